The van der Waals surface area contributed by atoms with Gasteiger partial charge >= 0.3 is 19.4 Å². The molecule has 37 heavy (non-hydrogen) atoms. The van der Waals surface area contributed by atoms with Gasteiger partial charge in [0.05, 0.1) is 12.7 Å². The summed E-state index contributed by atoms with van der Waals surface area (Å²) in [7, 11) is -3.86. The Morgan fingerprint density at radius 3 is 2.43 bits per heavy atom. The van der Waals surface area contributed by atoms with Crippen molar-refractivity contribution in [3.8, 4) is 0 Å². The molecule has 0 radical (unpaired) electrons. The molecule has 204 valence electrons. The van der Waals surface area contributed by atoms with E-state index in [1.54, 1.807) is 26.0 Å². The zero-order chi connectivity index (χ0) is 27.6. The topological polar surface area (TPSA) is 117 Å². The zero-order valence-electron chi connectivity index (χ0n) is 21.0. The molecule has 0 aromatic heterocycles. The van der Waals surface area contributed by atoms with E-state index in [0.29, 0.717) is 23.6 Å². The normalized spacial score (nSPS) is 13.3. The minimum absolute atomic E-state index is 0.0360. The predicted octanol–water partition coefficient (Wildman–Crippen LogP) is 6.05. The third-order valence-electron chi connectivity index (χ3n) is 4.81. The molecular formula is C24H30F2NO8PS. The third kappa shape index (κ3) is 8.49. The van der Waals surface area contributed by atoms with E-state index in [-0.39, 0.29) is 16.4 Å². The monoisotopic (exact) mass is 561 g/mol. The van der Waals surface area contributed by atoms with Gasteiger partial charge < -0.3 is 19.3 Å². The lowest BCUT2D eigenvalue weighted by atomic mass is 10.0. The second kappa shape index (κ2) is 13.9. The van der Waals surface area contributed by atoms with Crippen LogP contribution in [0.4, 0.5) is 13.6 Å². The Hall–Kier alpha value is -2.53. The van der Waals surface area contributed by atoms with Gasteiger partial charge in [-0.1, -0.05) is 36.9 Å². The van der Waals surface area contributed by atoms with Gasteiger partial charge in [-0.25, -0.2) is 4.79 Å². The van der Waals surface area contributed by atoms with Crippen LogP contribution in [0.1, 0.15) is 49.5 Å². The maximum atomic E-state index is 15.7. The first kappa shape index (κ1) is 30.7. The summed E-state index contributed by atoms with van der Waals surface area (Å²) in [6.07, 6.45) is -0.805. The number of carbonyl (C=O) groups is 3. The smallest absolute Gasteiger partial charge is 0.432 e. The van der Waals surface area contributed by atoms with Gasteiger partial charge in [-0.05, 0) is 49.2 Å². The van der Waals surface area contributed by atoms with Crippen molar-refractivity contribution < 1.29 is 46.3 Å². The Kier molecular flexibility index (Phi) is 11.5. The molecule has 0 aliphatic carbocycles. The van der Waals surface area contributed by atoms with E-state index in [2.05, 4.69) is 10.1 Å². The molecule has 0 aliphatic rings. The van der Waals surface area contributed by atoms with Crippen molar-refractivity contribution in [2.75, 3.05) is 26.2 Å². The first-order chi connectivity index (χ1) is 17.4. The Morgan fingerprint density at radius 1 is 1.08 bits per heavy atom. The first-order valence-electron chi connectivity index (χ1n) is 11.5. The van der Waals surface area contributed by atoms with E-state index in [9.17, 15) is 18.9 Å². The highest BCUT2D eigenvalue weighted by Crippen LogP contribution is 2.67. The summed E-state index contributed by atoms with van der Waals surface area (Å²) >= 11 is 0.863. The number of rotatable bonds is 13. The molecule has 2 aromatic rings. The molecule has 0 bridgehead atoms. The zero-order valence-corrected chi connectivity index (χ0v) is 22.7. The summed E-state index contributed by atoms with van der Waals surface area (Å²) in [6, 6.07) is 8.07. The Balaban J connectivity index is 2.31. The lowest BCUT2D eigenvalue weighted by molar-refractivity contribution is -0.111. The second-order valence-electron chi connectivity index (χ2n) is 8.01. The molecule has 2 aromatic carbocycles. The van der Waals surface area contributed by atoms with Crippen LogP contribution in [0.15, 0.2) is 36.4 Å². The minimum Gasteiger partial charge on any atom is -0.432 e. The van der Waals surface area contributed by atoms with Crippen LogP contribution >= 0.6 is 19.4 Å². The third-order valence-corrected chi connectivity index (χ3v) is 7.62. The number of hydrogen-bond donors (Lipinski definition) is 1. The SMILES string of the molecule is CCCC(=O)SCCOP(=O)(OCOC(=O)OC(C)C)C(F)(F)c1ccc2ccc(C(=O)NC)cc2c1. The number of thioether (sulfide) groups is 1. The Labute approximate surface area is 218 Å². The van der Waals surface area contributed by atoms with Gasteiger partial charge in [0, 0.05) is 30.3 Å². The predicted molar refractivity (Wildman–Crippen MR) is 136 cm³/mol. The Bertz CT molecular complexity index is 1160. The van der Waals surface area contributed by atoms with Gasteiger partial charge in [-0.2, -0.15) is 8.78 Å². The van der Waals surface area contributed by atoms with E-state index >= 15 is 8.78 Å². The number of fused-ring (bicyclic) bond motifs is 1. The van der Waals surface area contributed by atoms with Gasteiger partial charge in [0.25, 0.3) is 5.91 Å². The summed E-state index contributed by atoms with van der Waals surface area (Å²) in [5.41, 5.74) is -4.62. The fourth-order valence-corrected chi connectivity index (χ4v) is 5.28. The molecule has 1 atom stereocenters. The van der Waals surface area contributed by atoms with Crippen LogP contribution in [0.2, 0.25) is 0 Å². The highest BCUT2D eigenvalue weighted by atomic mass is 32.2. The molecule has 0 spiro atoms. The number of amides is 1. The molecule has 0 heterocycles. The summed E-state index contributed by atoms with van der Waals surface area (Å²) in [5.74, 6) is -0.442. The van der Waals surface area contributed by atoms with Crippen molar-refractivity contribution in [1.29, 1.82) is 0 Å². The average Bonchev–Trinajstić information content (AvgIpc) is 2.85. The summed E-state index contributed by atoms with van der Waals surface area (Å²) in [5, 5.41) is 3.15. The van der Waals surface area contributed by atoms with E-state index in [4.69, 9.17) is 13.8 Å². The molecule has 1 unspecified atom stereocenters. The quantitative estimate of drug-likeness (QED) is 0.135. The summed E-state index contributed by atoms with van der Waals surface area (Å²) in [6.45, 7) is 3.32. The van der Waals surface area contributed by atoms with Crippen LogP contribution in [-0.2, 0) is 33.5 Å². The van der Waals surface area contributed by atoms with E-state index < -0.39 is 50.4 Å². The number of halogens is 2. The van der Waals surface area contributed by atoms with Crippen LogP contribution in [0.3, 0.4) is 0 Å². The van der Waals surface area contributed by atoms with E-state index in [1.165, 1.54) is 19.2 Å². The summed E-state index contributed by atoms with van der Waals surface area (Å²) in [4.78, 5) is 35.3. The maximum Gasteiger partial charge on any atom is 0.510 e. The molecule has 0 saturated carbocycles. The van der Waals surface area contributed by atoms with Gasteiger partial charge in [-0.3, -0.25) is 18.7 Å². The van der Waals surface area contributed by atoms with Crippen molar-refractivity contribution in [3.05, 3.63) is 47.5 Å². The number of nitrogens with one attached hydrogen (secondary N) is 1. The van der Waals surface area contributed by atoms with Crippen LogP contribution in [0.5, 0.6) is 0 Å². The van der Waals surface area contributed by atoms with Crippen molar-refractivity contribution >= 4 is 47.3 Å². The molecule has 0 saturated heterocycles. The second-order valence-corrected chi connectivity index (χ2v) is 11.2. The van der Waals surface area contributed by atoms with Crippen molar-refractivity contribution in [1.82, 2.24) is 5.32 Å². The molecule has 0 fully saturated rings. The highest BCUT2D eigenvalue weighted by molar-refractivity contribution is 8.13. The number of carbonyl (C=O) groups excluding carboxylic acids is 3. The molecule has 13 heteroatoms. The summed E-state index contributed by atoms with van der Waals surface area (Å²) < 4.78 is 63.9. The molecule has 0 aliphatic heterocycles. The lowest BCUT2D eigenvalue weighted by Gasteiger charge is -2.26. The van der Waals surface area contributed by atoms with Crippen LogP contribution in [-0.4, -0.2) is 49.5 Å². The molecule has 1 N–H and O–H groups in total. The van der Waals surface area contributed by atoms with Crippen molar-refractivity contribution in [2.45, 2.75) is 45.4 Å². The van der Waals surface area contributed by atoms with E-state index in [1.807, 2.05) is 6.92 Å². The van der Waals surface area contributed by atoms with Crippen LogP contribution in [0, 0.1) is 0 Å². The van der Waals surface area contributed by atoms with Gasteiger partial charge in [0.15, 0.2) is 5.12 Å². The first-order valence-corrected chi connectivity index (χ1v) is 14.0. The highest BCUT2D eigenvalue weighted by Gasteiger charge is 2.55. The average molecular weight is 562 g/mol. The number of alkyl halides is 2. The van der Waals surface area contributed by atoms with Gasteiger partial charge in [-0.15, -0.1) is 0 Å². The van der Waals surface area contributed by atoms with Gasteiger partial charge in [0.2, 0.25) is 6.79 Å². The lowest BCUT2D eigenvalue weighted by Crippen LogP contribution is -2.21. The van der Waals surface area contributed by atoms with Crippen molar-refractivity contribution in [3.63, 3.8) is 0 Å². The van der Waals surface area contributed by atoms with Crippen LogP contribution < -0.4 is 5.32 Å². The molecule has 1 amide bonds. The maximum absolute atomic E-state index is 15.7. The largest absolute Gasteiger partial charge is 0.510 e. The van der Waals surface area contributed by atoms with Gasteiger partial charge in [0.1, 0.15) is 0 Å². The Morgan fingerprint density at radius 2 is 1.78 bits per heavy atom. The minimum atomic E-state index is -5.29. The molecule has 9 nitrogen and oxygen atoms in total. The number of benzene rings is 2. The fraction of sp³-hybridized carbons (Fsp3) is 0.458. The molecule has 2 rings (SSSR count). The molecular weight excluding hydrogens is 531 g/mol. The standard InChI is InChI=1S/C24H30F2NO8PS/c1-5-6-21(28)37-12-11-33-36(31,34-15-32-23(30)35-16(2)3)24(25,26)20-10-9-17-7-8-18(22(29)27-4)13-19(17)14-20/h7-10,13-14,16H,5-6,11-12,15H2,1-4H3,(H,27,29). The number of hydrogen-bond acceptors (Lipinski definition) is 9. The van der Waals surface area contributed by atoms with Crippen LogP contribution in [0.25, 0.3) is 10.8 Å². The number of ether oxygens (including phenoxy) is 2. The van der Waals surface area contributed by atoms with Crippen molar-refractivity contribution in [2.24, 2.45) is 0 Å². The van der Waals surface area contributed by atoms with E-state index in [0.717, 1.165) is 23.9 Å². The fourth-order valence-electron chi connectivity index (χ4n) is 3.04.